The minimum Gasteiger partial charge on any atom is -0.0851 e. The fraction of sp³-hybridized carbons (Fsp3) is 0.846. The van der Waals surface area contributed by atoms with Crippen LogP contribution in [-0.2, 0) is 0 Å². The van der Waals surface area contributed by atoms with Crippen LogP contribution in [0.1, 0.15) is 58.3 Å². The number of hydrogen-bond donors (Lipinski definition) is 0. The molecule has 0 aromatic heterocycles. The molecule has 0 heterocycles. The van der Waals surface area contributed by atoms with Gasteiger partial charge in [-0.3, -0.25) is 0 Å². The van der Waals surface area contributed by atoms with Crippen molar-refractivity contribution in [3.8, 4) is 0 Å². The van der Waals surface area contributed by atoms with E-state index in [-0.39, 0.29) is 0 Å². The molecular formula is C13H22. The van der Waals surface area contributed by atoms with Crippen LogP contribution >= 0.6 is 0 Å². The lowest BCUT2D eigenvalue weighted by Crippen LogP contribution is -2.15. The standard InChI is InChI=1S/C13H22/c1-11-7-9-13(10-8-11)12-5-3-2-4-6-12/h5,11,13H,2-4,6-10H2,1H3. The van der Waals surface area contributed by atoms with Gasteiger partial charge in [-0.15, -0.1) is 0 Å². The van der Waals surface area contributed by atoms with Crippen LogP contribution in [0.3, 0.4) is 0 Å². The molecule has 1 saturated carbocycles. The first-order valence-electron chi connectivity index (χ1n) is 6.05. The number of allylic oxidation sites excluding steroid dienone is 2. The predicted molar refractivity (Wildman–Crippen MR) is 57.7 cm³/mol. The van der Waals surface area contributed by atoms with Crippen LogP contribution < -0.4 is 0 Å². The van der Waals surface area contributed by atoms with Gasteiger partial charge in [0.15, 0.2) is 0 Å². The molecule has 0 unspecified atom stereocenters. The van der Waals surface area contributed by atoms with Gasteiger partial charge in [0, 0.05) is 0 Å². The van der Waals surface area contributed by atoms with Crippen LogP contribution in [0.15, 0.2) is 11.6 Å². The summed E-state index contributed by atoms with van der Waals surface area (Å²) in [4.78, 5) is 0. The Kier molecular flexibility index (Phi) is 3.08. The first kappa shape index (κ1) is 9.30. The maximum Gasteiger partial charge on any atom is -0.0203 e. The lowest BCUT2D eigenvalue weighted by Gasteiger charge is -2.29. The summed E-state index contributed by atoms with van der Waals surface area (Å²) in [7, 11) is 0. The molecule has 2 rings (SSSR count). The van der Waals surface area contributed by atoms with E-state index in [1.54, 1.807) is 0 Å². The Labute approximate surface area is 82.4 Å². The summed E-state index contributed by atoms with van der Waals surface area (Å²) in [5.74, 6) is 1.98. The van der Waals surface area contributed by atoms with Gasteiger partial charge in [-0.25, -0.2) is 0 Å². The molecule has 13 heavy (non-hydrogen) atoms. The Morgan fingerprint density at radius 1 is 1.08 bits per heavy atom. The third-order valence-corrected chi connectivity index (χ3v) is 3.87. The van der Waals surface area contributed by atoms with E-state index >= 15 is 0 Å². The van der Waals surface area contributed by atoms with Crippen molar-refractivity contribution in [1.29, 1.82) is 0 Å². The highest BCUT2D eigenvalue weighted by molar-refractivity contribution is 5.10. The van der Waals surface area contributed by atoms with Gasteiger partial charge in [0.1, 0.15) is 0 Å². The van der Waals surface area contributed by atoms with E-state index in [4.69, 9.17) is 0 Å². The average molecular weight is 178 g/mol. The van der Waals surface area contributed by atoms with Crippen LogP contribution in [-0.4, -0.2) is 0 Å². The van der Waals surface area contributed by atoms with Crippen LogP contribution in [0.25, 0.3) is 0 Å². The minimum absolute atomic E-state index is 0.983. The van der Waals surface area contributed by atoms with E-state index in [0.29, 0.717) is 0 Å². The lowest BCUT2D eigenvalue weighted by molar-refractivity contribution is 0.312. The normalized spacial score (nSPS) is 35.6. The molecule has 74 valence electrons. The molecule has 0 atom stereocenters. The summed E-state index contributed by atoms with van der Waals surface area (Å²) in [5.41, 5.74) is 1.82. The molecule has 0 aliphatic heterocycles. The van der Waals surface area contributed by atoms with Gasteiger partial charge in [0.2, 0.25) is 0 Å². The summed E-state index contributed by atoms with van der Waals surface area (Å²) < 4.78 is 0. The molecular weight excluding hydrogens is 156 g/mol. The van der Waals surface area contributed by atoms with Gasteiger partial charge in [0.05, 0.1) is 0 Å². The molecule has 2 aliphatic carbocycles. The van der Waals surface area contributed by atoms with E-state index in [1.807, 2.05) is 5.57 Å². The Hall–Kier alpha value is -0.260. The van der Waals surface area contributed by atoms with E-state index in [1.165, 1.54) is 51.4 Å². The third-order valence-electron chi connectivity index (χ3n) is 3.87. The highest BCUT2D eigenvalue weighted by Gasteiger charge is 2.21. The monoisotopic (exact) mass is 178 g/mol. The van der Waals surface area contributed by atoms with Gasteiger partial charge >= 0.3 is 0 Å². The predicted octanol–water partition coefficient (Wildman–Crippen LogP) is 4.31. The quantitative estimate of drug-likeness (QED) is 0.525. The van der Waals surface area contributed by atoms with Crippen molar-refractivity contribution < 1.29 is 0 Å². The zero-order valence-corrected chi connectivity index (χ0v) is 8.89. The highest BCUT2D eigenvalue weighted by Crippen LogP contribution is 2.36. The van der Waals surface area contributed by atoms with Crippen molar-refractivity contribution in [3.05, 3.63) is 11.6 Å². The first-order valence-corrected chi connectivity index (χ1v) is 6.05. The molecule has 0 radical (unpaired) electrons. The molecule has 1 fully saturated rings. The van der Waals surface area contributed by atoms with E-state index in [0.717, 1.165) is 11.8 Å². The average Bonchev–Trinajstić information content (AvgIpc) is 2.20. The van der Waals surface area contributed by atoms with Gasteiger partial charge in [-0.1, -0.05) is 31.4 Å². The lowest BCUT2D eigenvalue weighted by atomic mass is 9.76. The molecule has 0 N–H and O–H groups in total. The summed E-state index contributed by atoms with van der Waals surface area (Å²) in [6.45, 7) is 2.41. The Morgan fingerprint density at radius 3 is 2.46 bits per heavy atom. The Bertz CT molecular complexity index is 182. The van der Waals surface area contributed by atoms with E-state index in [9.17, 15) is 0 Å². The van der Waals surface area contributed by atoms with Crippen LogP contribution in [0.2, 0.25) is 0 Å². The summed E-state index contributed by atoms with van der Waals surface area (Å²) in [6, 6.07) is 0. The second kappa shape index (κ2) is 4.30. The zero-order valence-electron chi connectivity index (χ0n) is 8.89. The second-order valence-electron chi connectivity index (χ2n) is 4.98. The van der Waals surface area contributed by atoms with Crippen LogP contribution in [0.4, 0.5) is 0 Å². The maximum atomic E-state index is 2.55. The van der Waals surface area contributed by atoms with Crippen molar-refractivity contribution >= 4 is 0 Å². The molecule has 0 aromatic rings. The molecule has 0 heteroatoms. The van der Waals surface area contributed by atoms with Gasteiger partial charge in [0.25, 0.3) is 0 Å². The molecule has 0 saturated heterocycles. The van der Waals surface area contributed by atoms with Crippen LogP contribution in [0, 0.1) is 11.8 Å². The zero-order chi connectivity index (χ0) is 9.10. The van der Waals surface area contributed by atoms with Crippen molar-refractivity contribution in [3.63, 3.8) is 0 Å². The Morgan fingerprint density at radius 2 is 1.85 bits per heavy atom. The molecule has 0 bridgehead atoms. The highest BCUT2D eigenvalue weighted by atomic mass is 14.3. The van der Waals surface area contributed by atoms with Gasteiger partial charge in [-0.05, 0) is 50.4 Å². The van der Waals surface area contributed by atoms with Crippen molar-refractivity contribution in [2.45, 2.75) is 58.3 Å². The minimum atomic E-state index is 0.983. The van der Waals surface area contributed by atoms with Crippen LogP contribution in [0.5, 0.6) is 0 Å². The fourth-order valence-electron chi connectivity index (χ4n) is 2.86. The van der Waals surface area contributed by atoms with E-state index in [2.05, 4.69) is 13.0 Å². The summed E-state index contributed by atoms with van der Waals surface area (Å²) in [6.07, 6.45) is 14.1. The van der Waals surface area contributed by atoms with Crippen molar-refractivity contribution in [2.75, 3.05) is 0 Å². The van der Waals surface area contributed by atoms with E-state index < -0.39 is 0 Å². The van der Waals surface area contributed by atoms with Crippen molar-refractivity contribution in [2.24, 2.45) is 11.8 Å². The molecule has 0 spiro atoms. The van der Waals surface area contributed by atoms with Crippen molar-refractivity contribution in [1.82, 2.24) is 0 Å². The summed E-state index contributed by atoms with van der Waals surface area (Å²) >= 11 is 0. The molecule has 0 nitrogen and oxygen atoms in total. The van der Waals surface area contributed by atoms with Gasteiger partial charge in [-0.2, -0.15) is 0 Å². The number of rotatable bonds is 1. The smallest absolute Gasteiger partial charge is 0.0203 e. The fourth-order valence-corrected chi connectivity index (χ4v) is 2.86. The second-order valence-corrected chi connectivity index (χ2v) is 4.98. The SMILES string of the molecule is CC1CCC(C2=CCCCC2)CC1. The topological polar surface area (TPSA) is 0 Å². The van der Waals surface area contributed by atoms with Gasteiger partial charge < -0.3 is 0 Å². The third kappa shape index (κ3) is 2.36. The number of hydrogen-bond acceptors (Lipinski definition) is 0. The largest absolute Gasteiger partial charge is 0.0851 e. The molecule has 0 amide bonds. The molecule has 0 aromatic carbocycles. The summed E-state index contributed by atoms with van der Waals surface area (Å²) in [5, 5.41) is 0. The Balaban J connectivity index is 1.89. The molecule has 2 aliphatic rings. The maximum absolute atomic E-state index is 2.55. The first-order chi connectivity index (χ1) is 6.36.